The maximum absolute atomic E-state index is 13.7. The summed E-state index contributed by atoms with van der Waals surface area (Å²) >= 11 is 4.69. The Bertz CT molecular complexity index is 1580. The van der Waals surface area contributed by atoms with Crippen molar-refractivity contribution in [2.75, 3.05) is 9.91 Å². The van der Waals surface area contributed by atoms with Crippen molar-refractivity contribution in [1.29, 1.82) is 0 Å². The average Bonchev–Trinajstić information content (AvgIpc) is 3.46. The SMILES string of the molecule is O=C(c1cccc(N2C(=O)CCC2=O)c1)N(/N=C/c1ccc([N+](=O)[O-])cc1)c1nc2ccc(Br)cc2s1. The van der Waals surface area contributed by atoms with Crippen molar-refractivity contribution in [2.24, 2.45) is 5.10 Å². The van der Waals surface area contributed by atoms with E-state index in [1.54, 1.807) is 18.2 Å². The molecule has 0 unspecified atom stereocenters. The van der Waals surface area contributed by atoms with Crippen LogP contribution in [-0.4, -0.2) is 33.8 Å². The van der Waals surface area contributed by atoms with E-state index in [2.05, 4.69) is 26.0 Å². The summed E-state index contributed by atoms with van der Waals surface area (Å²) in [6.45, 7) is 0. The van der Waals surface area contributed by atoms with E-state index in [1.165, 1.54) is 47.9 Å². The number of non-ortho nitro benzene ring substituents is 1. The maximum Gasteiger partial charge on any atom is 0.280 e. The van der Waals surface area contributed by atoms with Gasteiger partial charge in [0, 0.05) is 35.0 Å². The minimum absolute atomic E-state index is 0.0651. The molecule has 0 N–H and O–H groups in total. The molecule has 2 heterocycles. The minimum Gasteiger partial charge on any atom is -0.274 e. The number of halogens is 1. The molecule has 3 amide bonds. The zero-order valence-electron chi connectivity index (χ0n) is 18.9. The monoisotopic (exact) mass is 577 g/mol. The molecule has 37 heavy (non-hydrogen) atoms. The van der Waals surface area contributed by atoms with Crippen molar-refractivity contribution in [2.45, 2.75) is 12.8 Å². The first kappa shape index (κ1) is 24.4. The van der Waals surface area contributed by atoms with Crippen LogP contribution >= 0.6 is 27.3 Å². The number of hydrogen-bond acceptors (Lipinski definition) is 8. The van der Waals surface area contributed by atoms with Crippen LogP contribution in [0.4, 0.5) is 16.5 Å². The number of hydrazone groups is 1. The molecule has 1 aliphatic rings. The van der Waals surface area contributed by atoms with E-state index >= 15 is 0 Å². The number of nitro groups is 1. The zero-order chi connectivity index (χ0) is 26.1. The van der Waals surface area contributed by atoms with Crippen LogP contribution in [-0.2, 0) is 9.59 Å². The molecule has 0 bridgehead atoms. The van der Waals surface area contributed by atoms with Gasteiger partial charge in [-0.05, 0) is 54.1 Å². The lowest BCUT2D eigenvalue weighted by molar-refractivity contribution is -0.384. The molecule has 0 radical (unpaired) electrons. The number of hydrogen-bond donors (Lipinski definition) is 0. The van der Waals surface area contributed by atoms with Crippen LogP contribution in [0.1, 0.15) is 28.8 Å². The predicted molar refractivity (Wildman–Crippen MR) is 143 cm³/mol. The lowest BCUT2D eigenvalue weighted by atomic mass is 10.1. The molecule has 0 saturated carbocycles. The topological polar surface area (TPSA) is 126 Å². The summed E-state index contributed by atoms with van der Waals surface area (Å²) in [4.78, 5) is 54.2. The molecule has 12 heteroatoms. The second-order valence-electron chi connectivity index (χ2n) is 7.99. The van der Waals surface area contributed by atoms with Gasteiger partial charge in [-0.3, -0.25) is 29.4 Å². The van der Waals surface area contributed by atoms with Crippen LogP contribution in [0.5, 0.6) is 0 Å². The van der Waals surface area contributed by atoms with Gasteiger partial charge >= 0.3 is 0 Å². The Labute approximate surface area is 222 Å². The third-order valence-corrected chi connectivity index (χ3v) is 7.03. The Hall–Kier alpha value is -4.29. The first-order valence-corrected chi connectivity index (χ1v) is 12.6. The van der Waals surface area contributed by atoms with Gasteiger partial charge in [0.05, 0.1) is 27.0 Å². The van der Waals surface area contributed by atoms with Crippen LogP contribution in [0.3, 0.4) is 0 Å². The molecule has 1 fully saturated rings. The molecule has 1 saturated heterocycles. The van der Waals surface area contributed by atoms with Crippen molar-refractivity contribution in [3.05, 3.63) is 92.4 Å². The lowest BCUT2D eigenvalue weighted by Crippen LogP contribution is -2.29. The predicted octanol–water partition coefficient (Wildman–Crippen LogP) is 5.30. The number of nitro benzene ring substituents is 1. The molecule has 0 spiro atoms. The number of aromatic nitrogens is 1. The summed E-state index contributed by atoms with van der Waals surface area (Å²) in [5.74, 6) is -1.17. The Morgan fingerprint density at radius 1 is 1.08 bits per heavy atom. The van der Waals surface area contributed by atoms with Gasteiger partial charge in [0.15, 0.2) is 0 Å². The van der Waals surface area contributed by atoms with E-state index in [4.69, 9.17) is 0 Å². The second kappa shape index (κ2) is 9.99. The number of fused-ring (bicyclic) bond motifs is 1. The minimum atomic E-state index is -0.530. The molecular weight excluding hydrogens is 562 g/mol. The maximum atomic E-state index is 13.7. The lowest BCUT2D eigenvalue weighted by Gasteiger charge is -2.17. The number of thiazole rings is 1. The third kappa shape index (κ3) is 5.01. The number of anilines is 2. The van der Waals surface area contributed by atoms with Gasteiger partial charge < -0.3 is 0 Å². The highest BCUT2D eigenvalue weighted by atomic mass is 79.9. The highest BCUT2D eigenvalue weighted by Gasteiger charge is 2.31. The highest BCUT2D eigenvalue weighted by Crippen LogP contribution is 2.32. The third-order valence-electron chi connectivity index (χ3n) is 5.54. The van der Waals surface area contributed by atoms with Crippen molar-refractivity contribution in [3.63, 3.8) is 0 Å². The molecule has 10 nitrogen and oxygen atoms in total. The van der Waals surface area contributed by atoms with Crippen LogP contribution in [0.25, 0.3) is 10.2 Å². The summed E-state index contributed by atoms with van der Waals surface area (Å²) in [5.41, 5.74) is 1.66. The largest absolute Gasteiger partial charge is 0.280 e. The van der Waals surface area contributed by atoms with Crippen LogP contribution in [0.2, 0.25) is 0 Å². The summed E-state index contributed by atoms with van der Waals surface area (Å²) in [6, 6.07) is 17.5. The van der Waals surface area contributed by atoms with E-state index in [-0.39, 0.29) is 35.9 Å². The van der Waals surface area contributed by atoms with Crippen LogP contribution in [0, 0.1) is 10.1 Å². The number of carbonyl (C=O) groups excluding carboxylic acids is 3. The standard InChI is InChI=1S/C25H16BrN5O5S/c26-17-6-9-20-21(13-17)37-25(28-20)30(27-14-15-4-7-18(8-5-15)31(35)36)24(34)16-2-1-3-19(12-16)29-22(32)10-11-23(29)33/h1-9,12-14H,10-11H2/b27-14+. The molecular formula is C25H16BrN5O5S. The van der Waals surface area contributed by atoms with Gasteiger partial charge in [-0.1, -0.05) is 33.3 Å². The Balaban J connectivity index is 1.53. The molecule has 4 aromatic rings. The van der Waals surface area contributed by atoms with Gasteiger partial charge in [0.1, 0.15) is 0 Å². The normalized spacial score (nSPS) is 13.6. The first-order chi connectivity index (χ1) is 17.8. The highest BCUT2D eigenvalue weighted by molar-refractivity contribution is 9.10. The van der Waals surface area contributed by atoms with Crippen LogP contribution < -0.4 is 9.91 Å². The van der Waals surface area contributed by atoms with E-state index in [0.29, 0.717) is 21.9 Å². The van der Waals surface area contributed by atoms with Gasteiger partial charge in [-0.15, -0.1) is 0 Å². The fourth-order valence-corrected chi connectivity index (χ4v) is 5.21. The number of benzene rings is 3. The Morgan fingerprint density at radius 2 is 1.81 bits per heavy atom. The van der Waals surface area contributed by atoms with Gasteiger partial charge in [-0.25, -0.2) is 4.98 Å². The summed E-state index contributed by atoms with van der Waals surface area (Å²) in [7, 11) is 0. The Morgan fingerprint density at radius 3 is 2.51 bits per heavy atom. The van der Waals surface area contributed by atoms with E-state index in [0.717, 1.165) is 19.1 Å². The van der Waals surface area contributed by atoms with Crippen molar-refractivity contribution in [3.8, 4) is 0 Å². The van der Waals surface area contributed by atoms with Crippen molar-refractivity contribution in [1.82, 2.24) is 4.98 Å². The number of carbonyl (C=O) groups is 3. The van der Waals surface area contributed by atoms with Gasteiger partial charge in [-0.2, -0.15) is 10.1 Å². The molecule has 0 aliphatic carbocycles. The second-order valence-corrected chi connectivity index (χ2v) is 9.92. The summed E-state index contributed by atoms with van der Waals surface area (Å²) in [5, 5.41) is 16.7. The van der Waals surface area contributed by atoms with Crippen molar-refractivity contribution < 1.29 is 19.3 Å². The van der Waals surface area contributed by atoms with Gasteiger partial charge in [0.2, 0.25) is 16.9 Å². The van der Waals surface area contributed by atoms with E-state index in [1.807, 2.05) is 18.2 Å². The summed E-state index contributed by atoms with van der Waals surface area (Å²) in [6.07, 6.45) is 1.66. The fraction of sp³-hybridized carbons (Fsp3) is 0.0800. The molecule has 1 aromatic heterocycles. The average molecular weight is 578 g/mol. The molecule has 0 atom stereocenters. The number of nitrogens with zero attached hydrogens (tertiary/aromatic N) is 5. The van der Waals surface area contributed by atoms with Crippen molar-refractivity contribution >= 4 is 77.9 Å². The van der Waals surface area contributed by atoms with E-state index in [9.17, 15) is 24.5 Å². The molecule has 184 valence electrons. The quantitative estimate of drug-likeness (QED) is 0.132. The first-order valence-electron chi connectivity index (χ1n) is 10.9. The van der Waals surface area contributed by atoms with E-state index < -0.39 is 10.8 Å². The zero-order valence-corrected chi connectivity index (χ0v) is 21.3. The van der Waals surface area contributed by atoms with Gasteiger partial charge in [0.25, 0.3) is 11.6 Å². The fourth-order valence-electron chi connectivity index (χ4n) is 3.74. The number of imide groups is 1. The Kier molecular flexibility index (Phi) is 6.59. The summed E-state index contributed by atoms with van der Waals surface area (Å²) < 4.78 is 1.69. The number of rotatable bonds is 6. The smallest absolute Gasteiger partial charge is 0.274 e. The molecule has 3 aromatic carbocycles. The number of amides is 3. The molecule has 5 rings (SSSR count). The molecule has 1 aliphatic heterocycles. The van der Waals surface area contributed by atoms with Crippen LogP contribution in [0.15, 0.2) is 76.3 Å².